The number of thiazole rings is 1. The van der Waals surface area contributed by atoms with Crippen molar-refractivity contribution in [1.29, 1.82) is 0 Å². The van der Waals surface area contributed by atoms with Crippen molar-refractivity contribution >= 4 is 65.5 Å². The van der Waals surface area contributed by atoms with Gasteiger partial charge in [-0.25, -0.2) is 17.6 Å². The molecule has 2 amide bonds. The molecule has 1 aliphatic rings. The van der Waals surface area contributed by atoms with Gasteiger partial charge in [0.05, 0.1) is 22.9 Å². The molecule has 0 aliphatic heterocycles. The number of halogens is 1. The Bertz CT molecular complexity index is 1570. The summed E-state index contributed by atoms with van der Waals surface area (Å²) >= 11 is 2.32. The van der Waals surface area contributed by atoms with Gasteiger partial charge in [-0.15, -0.1) is 11.3 Å². The van der Waals surface area contributed by atoms with Crippen molar-refractivity contribution in [2.45, 2.75) is 39.7 Å². The highest BCUT2D eigenvalue weighted by atomic mass is 32.2. The number of amides is 2. The van der Waals surface area contributed by atoms with E-state index in [-0.39, 0.29) is 15.4 Å². The average Bonchev–Trinajstić information content (AvgIpc) is 3.32. The van der Waals surface area contributed by atoms with Crippen LogP contribution in [-0.2, 0) is 43.5 Å². The summed E-state index contributed by atoms with van der Waals surface area (Å²) in [4.78, 5) is 42.7. The molecule has 13 heteroatoms. The number of benzene rings is 1. The van der Waals surface area contributed by atoms with Crippen molar-refractivity contribution in [3.63, 3.8) is 0 Å². The third-order valence-corrected chi connectivity index (χ3v) is 9.63. The van der Waals surface area contributed by atoms with Crippen LogP contribution >= 0.6 is 22.7 Å². The maximum absolute atomic E-state index is 13.6. The second-order valence-electron chi connectivity index (χ2n) is 8.87. The summed E-state index contributed by atoms with van der Waals surface area (Å²) in [5.41, 5.74) is 1.77. The van der Waals surface area contributed by atoms with E-state index in [1.807, 2.05) is 6.92 Å². The van der Waals surface area contributed by atoms with Crippen LogP contribution in [0.1, 0.15) is 41.1 Å². The zero-order valence-electron chi connectivity index (χ0n) is 20.5. The summed E-state index contributed by atoms with van der Waals surface area (Å²) in [6.07, 6.45) is 2.33. The maximum atomic E-state index is 13.6. The number of carbonyl (C=O) groups is 3. The van der Waals surface area contributed by atoms with Crippen LogP contribution in [0.25, 0.3) is 10.2 Å². The topological polar surface area (TPSA) is 124 Å². The first kappa shape index (κ1) is 27.1. The third-order valence-electron chi connectivity index (χ3n) is 6.03. The lowest BCUT2D eigenvalue weighted by atomic mass is 9.88. The lowest BCUT2D eigenvalue weighted by molar-refractivity contribution is -0.115. The van der Waals surface area contributed by atoms with E-state index in [4.69, 9.17) is 4.74 Å². The molecule has 1 unspecified atom stereocenters. The molecule has 1 N–H and O–H groups in total. The Morgan fingerprint density at radius 1 is 1.24 bits per heavy atom. The van der Waals surface area contributed by atoms with Crippen molar-refractivity contribution in [2.24, 2.45) is 10.9 Å². The van der Waals surface area contributed by atoms with Gasteiger partial charge in [-0.05, 0) is 55.9 Å². The van der Waals surface area contributed by atoms with Gasteiger partial charge in [0.15, 0.2) is 14.6 Å². The van der Waals surface area contributed by atoms with Crippen LogP contribution < -0.4 is 10.1 Å². The van der Waals surface area contributed by atoms with Crippen LogP contribution in [0, 0.1) is 11.7 Å². The molecule has 37 heavy (non-hydrogen) atoms. The molecule has 0 fully saturated rings. The van der Waals surface area contributed by atoms with Gasteiger partial charge in [0, 0.05) is 11.4 Å². The smallest absolute Gasteiger partial charge is 0.341 e. The van der Waals surface area contributed by atoms with Crippen LogP contribution in [0.4, 0.5) is 9.39 Å². The van der Waals surface area contributed by atoms with Crippen molar-refractivity contribution in [1.82, 2.24) is 4.57 Å². The van der Waals surface area contributed by atoms with E-state index in [1.54, 1.807) is 10.6 Å². The Kier molecular flexibility index (Phi) is 7.95. The van der Waals surface area contributed by atoms with Crippen LogP contribution in [0.15, 0.2) is 23.2 Å². The van der Waals surface area contributed by atoms with E-state index in [2.05, 4.69) is 17.2 Å². The van der Waals surface area contributed by atoms with Gasteiger partial charge in [0.2, 0.25) is 5.91 Å². The zero-order valence-corrected chi connectivity index (χ0v) is 22.9. The normalized spacial score (nSPS) is 16.0. The molecule has 198 valence electrons. The average molecular weight is 568 g/mol. The van der Waals surface area contributed by atoms with Crippen LogP contribution in [0.3, 0.4) is 0 Å². The van der Waals surface area contributed by atoms with Crippen molar-refractivity contribution < 1.29 is 31.9 Å². The number of esters is 1. The lowest BCUT2D eigenvalue weighted by Gasteiger charge is -2.18. The Labute approximate surface area is 220 Å². The first-order valence-corrected chi connectivity index (χ1v) is 15.1. The number of aromatic nitrogens is 1. The zero-order chi connectivity index (χ0) is 26.9. The van der Waals surface area contributed by atoms with Gasteiger partial charge < -0.3 is 14.6 Å². The number of nitrogens with one attached hydrogen (secondary N) is 1. The minimum Gasteiger partial charge on any atom is -0.465 e. The highest BCUT2D eigenvalue weighted by molar-refractivity contribution is 7.92. The quantitative estimate of drug-likeness (QED) is 0.437. The SMILES string of the molecule is CCn1c(=NC(=O)CS(=O)(=O)CC(=O)Nc2sc3c(c2C(=O)OC)CCC(C)C3)sc2cc(F)ccc21. The summed E-state index contributed by atoms with van der Waals surface area (Å²) in [6, 6.07) is 4.19. The molecule has 0 bridgehead atoms. The molecule has 2 aromatic heterocycles. The number of thiophene rings is 1. The molecule has 0 saturated carbocycles. The van der Waals surface area contributed by atoms with E-state index in [0.717, 1.165) is 34.6 Å². The molecule has 0 radical (unpaired) electrons. The number of hydrogen-bond acceptors (Lipinski definition) is 8. The minimum atomic E-state index is -4.16. The van der Waals surface area contributed by atoms with E-state index in [9.17, 15) is 27.2 Å². The van der Waals surface area contributed by atoms with E-state index >= 15 is 0 Å². The van der Waals surface area contributed by atoms with Crippen molar-refractivity contribution in [2.75, 3.05) is 23.9 Å². The van der Waals surface area contributed by atoms with Gasteiger partial charge in [0.25, 0.3) is 5.91 Å². The molecule has 1 aromatic carbocycles. The predicted molar refractivity (Wildman–Crippen MR) is 140 cm³/mol. The molecular weight excluding hydrogens is 541 g/mol. The summed E-state index contributed by atoms with van der Waals surface area (Å²) < 4.78 is 46.0. The largest absolute Gasteiger partial charge is 0.465 e. The monoisotopic (exact) mass is 567 g/mol. The number of rotatable bonds is 7. The highest BCUT2D eigenvalue weighted by Crippen LogP contribution is 2.40. The van der Waals surface area contributed by atoms with Gasteiger partial charge >= 0.3 is 5.97 Å². The number of ether oxygens (including phenoxy) is 1. The Balaban J connectivity index is 1.50. The van der Waals surface area contributed by atoms with Gasteiger partial charge in [-0.3, -0.25) is 9.59 Å². The molecular formula is C24H26FN3O6S3. The number of sulfone groups is 1. The van der Waals surface area contributed by atoms with Gasteiger partial charge in [-0.1, -0.05) is 18.3 Å². The maximum Gasteiger partial charge on any atom is 0.341 e. The number of nitrogens with zero attached hydrogens (tertiary/aromatic N) is 2. The number of carbonyl (C=O) groups excluding carboxylic acids is 3. The summed E-state index contributed by atoms with van der Waals surface area (Å²) in [6.45, 7) is 4.37. The number of anilines is 1. The summed E-state index contributed by atoms with van der Waals surface area (Å²) in [5.74, 6) is -4.29. The molecule has 3 aromatic rings. The Hall–Kier alpha value is -2.90. The number of fused-ring (bicyclic) bond motifs is 2. The highest BCUT2D eigenvalue weighted by Gasteiger charge is 2.30. The molecule has 1 atom stereocenters. The van der Waals surface area contributed by atoms with Crippen molar-refractivity contribution in [3.05, 3.63) is 44.8 Å². The number of aryl methyl sites for hydroxylation is 1. The molecule has 0 saturated heterocycles. The van der Waals surface area contributed by atoms with Crippen molar-refractivity contribution in [3.8, 4) is 0 Å². The second-order valence-corrected chi connectivity index (χ2v) is 13.1. The molecule has 0 spiro atoms. The lowest BCUT2D eigenvalue weighted by Crippen LogP contribution is -2.28. The van der Waals surface area contributed by atoms with Crippen LogP contribution in [0.2, 0.25) is 0 Å². The second kappa shape index (κ2) is 10.8. The summed E-state index contributed by atoms with van der Waals surface area (Å²) in [7, 11) is -2.91. The first-order valence-electron chi connectivity index (χ1n) is 11.6. The predicted octanol–water partition coefficient (Wildman–Crippen LogP) is 3.32. The first-order chi connectivity index (χ1) is 17.5. The van der Waals surface area contributed by atoms with Gasteiger partial charge in [-0.2, -0.15) is 4.99 Å². The number of methoxy groups -OCH3 is 1. The fraction of sp³-hybridized carbons (Fsp3) is 0.417. The minimum absolute atomic E-state index is 0.244. The fourth-order valence-corrected chi connectivity index (χ4v) is 7.90. The number of hydrogen-bond donors (Lipinski definition) is 1. The molecule has 9 nitrogen and oxygen atoms in total. The van der Waals surface area contributed by atoms with Crippen LogP contribution in [-0.4, -0.2) is 49.4 Å². The molecule has 2 heterocycles. The fourth-order valence-electron chi connectivity index (χ4n) is 4.34. The third kappa shape index (κ3) is 5.99. The summed E-state index contributed by atoms with van der Waals surface area (Å²) in [5, 5.41) is 2.79. The standard InChI is InChI=1S/C24H26FN3O6S3/c1-4-28-16-8-6-14(25)10-18(16)36-24(28)27-20(30)12-37(32,33)11-19(29)26-22-21(23(31)34-3)15-7-5-13(2)9-17(15)35-22/h6,8,10,13H,4-5,7,9,11-12H2,1-3H3,(H,26,29). The van der Waals surface area contributed by atoms with E-state index in [1.165, 1.54) is 30.6 Å². The Morgan fingerprint density at radius 2 is 2.00 bits per heavy atom. The van der Waals surface area contributed by atoms with Crippen LogP contribution in [0.5, 0.6) is 0 Å². The molecule has 4 rings (SSSR count). The van der Waals surface area contributed by atoms with E-state index in [0.29, 0.717) is 29.1 Å². The van der Waals surface area contributed by atoms with E-state index < -0.39 is 44.9 Å². The Morgan fingerprint density at radius 3 is 2.70 bits per heavy atom. The molecule has 1 aliphatic carbocycles. The van der Waals surface area contributed by atoms with Gasteiger partial charge in [0.1, 0.15) is 22.3 Å².